The SMILES string of the molecule is [C-]#[N+]c1cccc(C(Oc2ccccc2Br)C(=O)NCCCCCBr)c1. The van der Waals surface area contributed by atoms with Gasteiger partial charge in [-0.25, -0.2) is 4.85 Å². The molecule has 0 saturated carbocycles. The van der Waals surface area contributed by atoms with Crippen LogP contribution in [0, 0.1) is 6.57 Å². The van der Waals surface area contributed by atoms with Gasteiger partial charge in [0.25, 0.3) is 5.91 Å². The van der Waals surface area contributed by atoms with Crippen LogP contribution in [0.5, 0.6) is 5.75 Å². The molecule has 4 nitrogen and oxygen atoms in total. The number of rotatable bonds is 9. The zero-order valence-corrected chi connectivity index (χ0v) is 17.4. The number of alkyl halides is 1. The highest BCUT2D eigenvalue weighted by Gasteiger charge is 2.23. The Morgan fingerprint density at radius 2 is 1.96 bits per heavy atom. The Labute approximate surface area is 171 Å². The molecule has 0 radical (unpaired) electrons. The molecule has 1 amide bonds. The Morgan fingerprint density at radius 1 is 1.15 bits per heavy atom. The lowest BCUT2D eigenvalue weighted by molar-refractivity contribution is -0.128. The van der Waals surface area contributed by atoms with Gasteiger partial charge in [0.15, 0.2) is 5.69 Å². The summed E-state index contributed by atoms with van der Waals surface area (Å²) in [7, 11) is 0. The highest BCUT2D eigenvalue weighted by molar-refractivity contribution is 9.10. The number of amides is 1. The van der Waals surface area contributed by atoms with Gasteiger partial charge in [-0.15, -0.1) is 0 Å². The smallest absolute Gasteiger partial charge is 0.265 e. The fourth-order valence-electron chi connectivity index (χ4n) is 2.40. The summed E-state index contributed by atoms with van der Waals surface area (Å²) in [6, 6.07) is 14.4. The lowest BCUT2D eigenvalue weighted by Gasteiger charge is -2.20. The number of hydrogen-bond donors (Lipinski definition) is 1. The van der Waals surface area contributed by atoms with Crippen molar-refractivity contribution in [2.45, 2.75) is 25.4 Å². The Bertz CT molecular complexity index is 774. The number of unbranched alkanes of at least 4 members (excludes halogenated alkanes) is 2. The third-order valence-corrected chi connectivity index (χ3v) is 4.95. The van der Waals surface area contributed by atoms with E-state index in [9.17, 15) is 4.79 Å². The first-order chi connectivity index (χ1) is 12.7. The van der Waals surface area contributed by atoms with Crippen molar-refractivity contribution in [3.05, 3.63) is 70.0 Å². The lowest BCUT2D eigenvalue weighted by atomic mass is 10.1. The van der Waals surface area contributed by atoms with E-state index in [0.717, 1.165) is 29.1 Å². The minimum Gasteiger partial charge on any atom is -0.475 e. The maximum absolute atomic E-state index is 12.8. The van der Waals surface area contributed by atoms with Crippen molar-refractivity contribution >= 4 is 43.5 Å². The van der Waals surface area contributed by atoms with Crippen LogP contribution in [-0.4, -0.2) is 17.8 Å². The first-order valence-corrected chi connectivity index (χ1v) is 10.3. The van der Waals surface area contributed by atoms with Crippen LogP contribution in [0.3, 0.4) is 0 Å². The molecule has 1 atom stereocenters. The Morgan fingerprint density at radius 3 is 2.69 bits per heavy atom. The molecule has 1 N–H and O–H groups in total. The molecule has 6 heteroatoms. The third kappa shape index (κ3) is 6.15. The van der Waals surface area contributed by atoms with Gasteiger partial charge < -0.3 is 10.1 Å². The molecule has 0 aromatic heterocycles. The quantitative estimate of drug-likeness (QED) is 0.280. The summed E-state index contributed by atoms with van der Waals surface area (Å²) >= 11 is 6.85. The minimum absolute atomic E-state index is 0.207. The molecule has 0 heterocycles. The molecule has 0 aliphatic carbocycles. The molecular weight excluding hydrogens is 460 g/mol. The van der Waals surface area contributed by atoms with Gasteiger partial charge in [0.05, 0.1) is 11.0 Å². The molecule has 0 aliphatic heterocycles. The van der Waals surface area contributed by atoms with E-state index in [1.54, 1.807) is 30.3 Å². The van der Waals surface area contributed by atoms with Gasteiger partial charge in [0, 0.05) is 11.9 Å². The maximum atomic E-state index is 12.8. The van der Waals surface area contributed by atoms with Crippen molar-refractivity contribution in [1.82, 2.24) is 5.32 Å². The van der Waals surface area contributed by atoms with Gasteiger partial charge in [0.2, 0.25) is 6.10 Å². The Balaban J connectivity index is 2.17. The summed E-state index contributed by atoms with van der Waals surface area (Å²) in [5.41, 5.74) is 1.14. The van der Waals surface area contributed by atoms with Crippen LogP contribution in [-0.2, 0) is 4.79 Å². The van der Waals surface area contributed by atoms with Gasteiger partial charge in [-0.1, -0.05) is 52.7 Å². The summed E-state index contributed by atoms with van der Waals surface area (Å²) in [4.78, 5) is 16.2. The molecule has 0 fully saturated rings. The first-order valence-electron chi connectivity index (χ1n) is 8.38. The highest BCUT2D eigenvalue weighted by Crippen LogP contribution is 2.30. The molecule has 0 saturated heterocycles. The van der Waals surface area contributed by atoms with E-state index in [2.05, 4.69) is 42.0 Å². The molecule has 26 heavy (non-hydrogen) atoms. The van der Waals surface area contributed by atoms with Gasteiger partial charge in [-0.2, -0.15) is 0 Å². The number of para-hydroxylation sites is 1. The van der Waals surface area contributed by atoms with Crippen LogP contribution in [0.15, 0.2) is 53.0 Å². The maximum Gasteiger partial charge on any atom is 0.265 e. The molecule has 2 aromatic rings. The zero-order chi connectivity index (χ0) is 18.8. The van der Waals surface area contributed by atoms with Crippen LogP contribution in [0.1, 0.15) is 30.9 Å². The summed E-state index contributed by atoms with van der Waals surface area (Å²) in [5.74, 6) is 0.377. The summed E-state index contributed by atoms with van der Waals surface area (Å²) in [5, 5.41) is 3.92. The molecule has 2 rings (SSSR count). The Hall–Kier alpha value is -1.84. The molecule has 2 aromatic carbocycles. The van der Waals surface area contributed by atoms with Gasteiger partial charge in [-0.05, 0) is 52.5 Å². The number of nitrogens with zero attached hydrogens (tertiary/aromatic N) is 1. The van der Waals surface area contributed by atoms with Crippen LogP contribution < -0.4 is 10.1 Å². The molecule has 0 bridgehead atoms. The van der Waals surface area contributed by atoms with Crippen molar-refractivity contribution in [1.29, 1.82) is 0 Å². The second kappa shape index (κ2) is 11.0. The predicted molar refractivity (Wildman–Crippen MR) is 111 cm³/mol. The number of carbonyl (C=O) groups excluding carboxylic acids is 1. The van der Waals surface area contributed by atoms with E-state index >= 15 is 0 Å². The first kappa shape index (κ1) is 20.5. The minimum atomic E-state index is -0.813. The molecular formula is C20H20Br2N2O2. The normalized spacial score (nSPS) is 11.4. The molecule has 0 aliphatic rings. The number of halogens is 2. The van der Waals surface area contributed by atoms with Gasteiger partial charge in [0.1, 0.15) is 5.75 Å². The van der Waals surface area contributed by atoms with Crippen molar-refractivity contribution < 1.29 is 9.53 Å². The molecule has 1 unspecified atom stereocenters. The van der Waals surface area contributed by atoms with E-state index in [1.807, 2.05) is 18.2 Å². The van der Waals surface area contributed by atoms with E-state index in [0.29, 0.717) is 23.5 Å². The number of nitrogens with one attached hydrogen (secondary N) is 1. The number of benzene rings is 2. The lowest BCUT2D eigenvalue weighted by Crippen LogP contribution is -2.33. The zero-order valence-electron chi connectivity index (χ0n) is 14.3. The Kier molecular flexibility index (Phi) is 8.66. The van der Waals surface area contributed by atoms with Crippen molar-refractivity contribution in [2.75, 3.05) is 11.9 Å². The van der Waals surface area contributed by atoms with Crippen LogP contribution in [0.25, 0.3) is 4.85 Å². The van der Waals surface area contributed by atoms with Crippen LogP contribution >= 0.6 is 31.9 Å². The number of carbonyl (C=O) groups is 1. The standard InChI is InChI=1S/C20H20Br2N2O2/c1-23-16-9-7-8-15(14-16)19(20(25)24-13-6-2-5-12-21)26-18-11-4-3-10-17(18)22/h3-4,7-11,14,19H,2,5-6,12-13H2,(H,24,25). The van der Waals surface area contributed by atoms with Crippen LogP contribution in [0.4, 0.5) is 5.69 Å². The van der Waals surface area contributed by atoms with E-state index in [1.165, 1.54) is 0 Å². The van der Waals surface area contributed by atoms with E-state index in [-0.39, 0.29) is 5.91 Å². The number of ether oxygens (including phenoxy) is 1. The third-order valence-electron chi connectivity index (χ3n) is 3.73. The summed E-state index contributed by atoms with van der Waals surface area (Å²) in [6.07, 6.45) is 2.24. The van der Waals surface area contributed by atoms with Crippen LogP contribution in [0.2, 0.25) is 0 Å². The van der Waals surface area contributed by atoms with E-state index < -0.39 is 6.10 Å². The largest absolute Gasteiger partial charge is 0.475 e. The number of hydrogen-bond acceptors (Lipinski definition) is 2. The van der Waals surface area contributed by atoms with Crippen molar-refractivity contribution in [2.24, 2.45) is 0 Å². The average molecular weight is 480 g/mol. The summed E-state index contributed by atoms with van der Waals surface area (Å²) in [6.45, 7) is 7.79. The fourth-order valence-corrected chi connectivity index (χ4v) is 3.17. The van der Waals surface area contributed by atoms with Gasteiger partial charge >= 0.3 is 0 Å². The second-order valence-electron chi connectivity index (χ2n) is 5.68. The second-order valence-corrected chi connectivity index (χ2v) is 7.32. The topological polar surface area (TPSA) is 42.7 Å². The van der Waals surface area contributed by atoms with Gasteiger partial charge in [-0.3, -0.25) is 4.79 Å². The highest BCUT2D eigenvalue weighted by atomic mass is 79.9. The molecule has 0 spiro atoms. The van der Waals surface area contributed by atoms with Crippen molar-refractivity contribution in [3.63, 3.8) is 0 Å². The molecule has 136 valence electrons. The predicted octanol–water partition coefficient (Wildman–Crippen LogP) is 5.80. The van der Waals surface area contributed by atoms with E-state index in [4.69, 9.17) is 11.3 Å². The van der Waals surface area contributed by atoms with Crippen molar-refractivity contribution in [3.8, 4) is 5.75 Å². The summed E-state index contributed by atoms with van der Waals surface area (Å²) < 4.78 is 6.78. The fraction of sp³-hybridized carbons (Fsp3) is 0.300. The average Bonchev–Trinajstić information content (AvgIpc) is 2.67. The monoisotopic (exact) mass is 478 g/mol.